The zero-order chi connectivity index (χ0) is 12.3. The van der Waals surface area contributed by atoms with E-state index in [1.165, 1.54) is 0 Å². The number of thioether (sulfide) groups is 1. The van der Waals surface area contributed by atoms with E-state index in [9.17, 15) is 0 Å². The van der Waals surface area contributed by atoms with Crippen LogP contribution in [0.5, 0.6) is 0 Å². The average molecular weight is 250 g/mol. The summed E-state index contributed by atoms with van der Waals surface area (Å²) >= 11 is 1.66. The van der Waals surface area contributed by atoms with Gasteiger partial charge in [-0.05, 0) is 30.5 Å². The Hall–Kier alpha value is -1.00. The van der Waals surface area contributed by atoms with Gasteiger partial charge in [0, 0.05) is 5.75 Å². The van der Waals surface area contributed by atoms with Gasteiger partial charge >= 0.3 is 0 Å². The minimum absolute atomic E-state index is 0.193. The summed E-state index contributed by atoms with van der Waals surface area (Å²) in [5, 5.41) is 0.749. The van der Waals surface area contributed by atoms with E-state index in [-0.39, 0.29) is 5.41 Å². The van der Waals surface area contributed by atoms with E-state index in [4.69, 9.17) is 10.2 Å². The number of hydrogen-bond acceptors (Lipinski definition) is 4. The molecule has 0 unspecified atom stereocenters. The summed E-state index contributed by atoms with van der Waals surface area (Å²) in [6.07, 6.45) is 1.06. The van der Waals surface area contributed by atoms with Gasteiger partial charge in [-0.3, -0.25) is 0 Å². The van der Waals surface area contributed by atoms with Crippen LogP contribution in [0.3, 0.4) is 0 Å². The smallest absolute Gasteiger partial charge is 0.256 e. The lowest BCUT2D eigenvalue weighted by molar-refractivity contribution is 0.367. The Labute approximate surface area is 106 Å². The maximum absolute atomic E-state index is 5.70. The monoisotopic (exact) mass is 250 g/mol. The van der Waals surface area contributed by atoms with Crippen LogP contribution in [0.1, 0.15) is 20.3 Å². The van der Waals surface area contributed by atoms with Gasteiger partial charge in [-0.2, -0.15) is 0 Å². The Morgan fingerprint density at radius 1 is 1.35 bits per heavy atom. The third kappa shape index (κ3) is 3.23. The molecule has 4 heteroatoms. The SMILES string of the molecule is CC(C)(CN)CCSc1nc2ccccc2o1. The average Bonchev–Trinajstić information content (AvgIpc) is 2.71. The van der Waals surface area contributed by atoms with E-state index in [1.54, 1.807) is 11.8 Å². The van der Waals surface area contributed by atoms with Gasteiger partial charge < -0.3 is 10.2 Å². The Bertz CT molecular complexity index is 460. The molecule has 2 aromatic rings. The summed E-state index contributed by atoms with van der Waals surface area (Å²) in [7, 11) is 0. The van der Waals surface area contributed by atoms with Crippen LogP contribution in [0.15, 0.2) is 33.9 Å². The number of nitrogens with zero attached hydrogens (tertiary/aromatic N) is 1. The number of hydrogen-bond donors (Lipinski definition) is 1. The van der Waals surface area contributed by atoms with Crippen molar-refractivity contribution in [1.29, 1.82) is 0 Å². The Morgan fingerprint density at radius 2 is 2.12 bits per heavy atom. The van der Waals surface area contributed by atoms with E-state index >= 15 is 0 Å². The molecule has 0 aliphatic heterocycles. The van der Waals surface area contributed by atoms with Crippen LogP contribution in [0.2, 0.25) is 0 Å². The van der Waals surface area contributed by atoms with Gasteiger partial charge in [-0.1, -0.05) is 37.7 Å². The van der Waals surface area contributed by atoms with Crippen LogP contribution in [0, 0.1) is 5.41 Å². The van der Waals surface area contributed by atoms with Gasteiger partial charge in [-0.25, -0.2) is 4.98 Å². The summed E-state index contributed by atoms with van der Waals surface area (Å²) in [5.74, 6) is 0.983. The van der Waals surface area contributed by atoms with Crippen molar-refractivity contribution in [2.45, 2.75) is 25.5 Å². The van der Waals surface area contributed by atoms with Crippen molar-refractivity contribution in [2.75, 3.05) is 12.3 Å². The Balaban J connectivity index is 1.95. The van der Waals surface area contributed by atoms with Crippen molar-refractivity contribution in [3.63, 3.8) is 0 Å². The number of rotatable bonds is 5. The first-order valence-corrected chi connectivity index (χ1v) is 6.78. The third-order valence-electron chi connectivity index (χ3n) is 2.83. The van der Waals surface area contributed by atoms with Crippen molar-refractivity contribution < 1.29 is 4.42 Å². The zero-order valence-electron chi connectivity index (χ0n) is 10.3. The minimum atomic E-state index is 0.193. The van der Waals surface area contributed by atoms with Gasteiger partial charge in [0.15, 0.2) is 5.58 Å². The maximum Gasteiger partial charge on any atom is 0.256 e. The van der Waals surface area contributed by atoms with E-state index in [2.05, 4.69) is 18.8 Å². The molecule has 1 aromatic heterocycles. The number of para-hydroxylation sites is 2. The lowest BCUT2D eigenvalue weighted by Crippen LogP contribution is -2.23. The molecule has 0 saturated carbocycles. The summed E-state index contributed by atoms with van der Waals surface area (Å²) in [6.45, 7) is 5.07. The molecule has 0 fully saturated rings. The summed E-state index contributed by atoms with van der Waals surface area (Å²) in [4.78, 5) is 4.42. The van der Waals surface area contributed by atoms with Gasteiger partial charge in [-0.15, -0.1) is 0 Å². The number of fused-ring (bicyclic) bond motifs is 1. The highest BCUT2D eigenvalue weighted by Gasteiger charge is 2.15. The van der Waals surface area contributed by atoms with Crippen molar-refractivity contribution >= 4 is 22.9 Å². The first-order valence-electron chi connectivity index (χ1n) is 5.79. The quantitative estimate of drug-likeness (QED) is 0.827. The van der Waals surface area contributed by atoms with Crippen LogP contribution >= 0.6 is 11.8 Å². The number of benzene rings is 1. The molecule has 0 saturated heterocycles. The Kier molecular flexibility index (Phi) is 3.74. The molecule has 0 aliphatic rings. The van der Waals surface area contributed by atoms with Crippen molar-refractivity contribution in [2.24, 2.45) is 11.1 Å². The molecule has 1 heterocycles. The number of nitrogens with two attached hydrogens (primary N) is 1. The second-order valence-corrected chi connectivity index (χ2v) is 5.96. The van der Waals surface area contributed by atoms with Crippen LogP contribution in [0.4, 0.5) is 0 Å². The topological polar surface area (TPSA) is 52.0 Å². The highest BCUT2D eigenvalue weighted by Crippen LogP contribution is 2.27. The molecule has 17 heavy (non-hydrogen) atoms. The minimum Gasteiger partial charge on any atom is -0.431 e. The lowest BCUT2D eigenvalue weighted by Gasteiger charge is -2.21. The maximum atomic E-state index is 5.70. The molecule has 0 spiro atoms. The van der Waals surface area contributed by atoms with Crippen LogP contribution < -0.4 is 5.73 Å². The van der Waals surface area contributed by atoms with Crippen LogP contribution in [-0.4, -0.2) is 17.3 Å². The second-order valence-electron chi connectivity index (χ2n) is 4.91. The highest BCUT2D eigenvalue weighted by molar-refractivity contribution is 7.99. The van der Waals surface area contributed by atoms with E-state index in [0.29, 0.717) is 6.54 Å². The molecule has 0 bridgehead atoms. The molecule has 3 nitrogen and oxygen atoms in total. The summed E-state index contributed by atoms with van der Waals surface area (Å²) < 4.78 is 5.64. The molecule has 0 radical (unpaired) electrons. The fourth-order valence-corrected chi connectivity index (χ4v) is 2.57. The molecule has 1 aromatic carbocycles. The third-order valence-corrected chi connectivity index (χ3v) is 3.66. The molecule has 92 valence electrons. The molecule has 0 amide bonds. The molecule has 0 atom stereocenters. The van der Waals surface area contributed by atoms with E-state index in [1.807, 2.05) is 24.3 Å². The van der Waals surface area contributed by atoms with Gasteiger partial charge in [0.2, 0.25) is 0 Å². The van der Waals surface area contributed by atoms with Crippen molar-refractivity contribution in [1.82, 2.24) is 4.98 Å². The van der Waals surface area contributed by atoms with Gasteiger partial charge in [0.25, 0.3) is 5.22 Å². The molecule has 0 aliphatic carbocycles. The standard InChI is InChI=1S/C13H18N2OS/c1-13(2,9-14)7-8-17-12-15-10-5-3-4-6-11(10)16-12/h3-6H,7-9,14H2,1-2H3. The molecule has 2 N–H and O–H groups in total. The zero-order valence-corrected chi connectivity index (χ0v) is 11.1. The largest absolute Gasteiger partial charge is 0.431 e. The summed E-state index contributed by atoms with van der Waals surface area (Å²) in [6, 6.07) is 7.83. The van der Waals surface area contributed by atoms with E-state index in [0.717, 1.165) is 28.5 Å². The van der Waals surface area contributed by atoms with Crippen LogP contribution in [0.25, 0.3) is 11.1 Å². The van der Waals surface area contributed by atoms with Gasteiger partial charge in [0.05, 0.1) is 0 Å². The fraction of sp³-hybridized carbons (Fsp3) is 0.462. The molecular weight excluding hydrogens is 232 g/mol. The number of aromatic nitrogens is 1. The second kappa shape index (κ2) is 5.10. The predicted octanol–water partition coefficient (Wildman–Crippen LogP) is 3.29. The van der Waals surface area contributed by atoms with Gasteiger partial charge in [0.1, 0.15) is 5.52 Å². The predicted molar refractivity (Wildman–Crippen MR) is 72.2 cm³/mol. The first-order chi connectivity index (χ1) is 8.11. The first kappa shape index (κ1) is 12.5. The Morgan fingerprint density at radius 3 is 2.82 bits per heavy atom. The summed E-state index contributed by atoms with van der Waals surface area (Å²) in [5.41, 5.74) is 7.67. The normalized spacial score (nSPS) is 12.2. The van der Waals surface area contributed by atoms with Crippen LogP contribution in [-0.2, 0) is 0 Å². The van der Waals surface area contributed by atoms with Crippen molar-refractivity contribution in [3.05, 3.63) is 24.3 Å². The highest BCUT2D eigenvalue weighted by atomic mass is 32.2. The number of oxazole rings is 1. The van der Waals surface area contributed by atoms with Crippen molar-refractivity contribution in [3.8, 4) is 0 Å². The fourth-order valence-electron chi connectivity index (χ4n) is 1.43. The lowest BCUT2D eigenvalue weighted by atomic mass is 9.91. The van der Waals surface area contributed by atoms with E-state index < -0.39 is 0 Å². The molecule has 2 rings (SSSR count). The molecular formula is C13H18N2OS.